The van der Waals surface area contributed by atoms with Gasteiger partial charge >= 0.3 is 0 Å². The second kappa shape index (κ2) is 5.18. The zero-order valence-corrected chi connectivity index (χ0v) is 7.45. The molecule has 0 saturated heterocycles. The van der Waals surface area contributed by atoms with Crippen LogP contribution in [0.15, 0.2) is 18.3 Å². The summed E-state index contributed by atoms with van der Waals surface area (Å²) in [6, 6.07) is 3.55. The Labute approximate surface area is 77.4 Å². The number of hydrogen-bond donors (Lipinski definition) is 1. The van der Waals surface area contributed by atoms with Gasteiger partial charge in [0.1, 0.15) is 0 Å². The van der Waals surface area contributed by atoms with Crippen LogP contribution in [0.25, 0.3) is 0 Å². The molecule has 1 N–H and O–H groups in total. The fraction of sp³-hybridized carbons (Fsp3) is 0.300. The molecule has 13 heavy (non-hydrogen) atoms. The summed E-state index contributed by atoms with van der Waals surface area (Å²) in [5.41, 5.74) is 0.848. The molecule has 0 unspecified atom stereocenters. The lowest BCUT2D eigenvalue weighted by atomic mass is 10.2. The van der Waals surface area contributed by atoms with Gasteiger partial charge in [-0.15, -0.1) is 0 Å². The van der Waals surface area contributed by atoms with Gasteiger partial charge in [-0.1, -0.05) is 11.8 Å². The topological polar surface area (TPSA) is 42.4 Å². The van der Waals surface area contributed by atoms with Gasteiger partial charge in [0.15, 0.2) is 0 Å². The number of pyridine rings is 1. The Balaban J connectivity index is 2.73. The molecule has 1 aromatic heterocycles. The summed E-state index contributed by atoms with van der Waals surface area (Å²) in [6.07, 6.45) is 2.13. The average molecular weight is 177 g/mol. The summed E-state index contributed by atoms with van der Waals surface area (Å²) >= 11 is 0. The van der Waals surface area contributed by atoms with Crippen molar-refractivity contribution in [2.45, 2.75) is 6.42 Å². The second-order valence-corrected chi connectivity index (χ2v) is 2.36. The first kappa shape index (κ1) is 9.56. The minimum Gasteiger partial charge on any atom is -0.481 e. The van der Waals surface area contributed by atoms with E-state index in [1.807, 2.05) is 0 Å². The minimum atomic E-state index is 0.0925. The van der Waals surface area contributed by atoms with Gasteiger partial charge in [0.2, 0.25) is 5.88 Å². The third-order valence-electron chi connectivity index (χ3n) is 1.41. The van der Waals surface area contributed by atoms with Crippen molar-refractivity contribution in [3.05, 3.63) is 23.9 Å². The van der Waals surface area contributed by atoms with Crippen LogP contribution in [-0.2, 0) is 0 Å². The molecule has 0 fully saturated rings. The van der Waals surface area contributed by atoms with Crippen molar-refractivity contribution in [2.75, 3.05) is 13.7 Å². The van der Waals surface area contributed by atoms with Crippen molar-refractivity contribution in [1.82, 2.24) is 4.98 Å². The molecule has 0 aromatic carbocycles. The van der Waals surface area contributed by atoms with E-state index in [-0.39, 0.29) is 6.61 Å². The van der Waals surface area contributed by atoms with Crippen molar-refractivity contribution >= 4 is 0 Å². The molecular weight excluding hydrogens is 166 g/mol. The van der Waals surface area contributed by atoms with Crippen LogP contribution in [0.1, 0.15) is 12.0 Å². The normalized spacial score (nSPS) is 8.77. The molecule has 0 aliphatic rings. The van der Waals surface area contributed by atoms with Gasteiger partial charge in [-0.05, 0) is 6.07 Å². The molecule has 0 bridgehead atoms. The highest BCUT2D eigenvalue weighted by molar-refractivity contribution is 5.35. The molecule has 0 spiro atoms. The Morgan fingerprint density at radius 3 is 3.15 bits per heavy atom. The average Bonchev–Trinajstić information content (AvgIpc) is 2.19. The zero-order valence-electron chi connectivity index (χ0n) is 7.45. The number of aromatic nitrogens is 1. The molecule has 0 amide bonds. The number of aliphatic hydroxyl groups excluding tert-OH is 1. The Hall–Kier alpha value is -1.53. The maximum absolute atomic E-state index is 8.51. The maximum atomic E-state index is 8.51. The minimum absolute atomic E-state index is 0.0925. The van der Waals surface area contributed by atoms with E-state index in [4.69, 9.17) is 9.84 Å². The largest absolute Gasteiger partial charge is 0.481 e. The predicted molar refractivity (Wildman–Crippen MR) is 49.4 cm³/mol. The first-order valence-electron chi connectivity index (χ1n) is 3.96. The van der Waals surface area contributed by atoms with Gasteiger partial charge in [0.05, 0.1) is 13.7 Å². The predicted octanol–water partition coefficient (Wildman–Crippen LogP) is 0.824. The number of ether oxygens (including phenoxy) is 1. The van der Waals surface area contributed by atoms with Gasteiger partial charge in [0.25, 0.3) is 0 Å². The van der Waals surface area contributed by atoms with E-state index < -0.39 is 0 Å². The Kier molecular flexibility index (Phi) is 3.80. The van der Waals surface area contributed by atoms with Crippen LogP contribution in [0.5, 0.6) is 5.88 Å². The van der Waals surface area contributed by atoms with Gasteiger partial charge in [-0.25, -0.2) is 4.98 Å². The van der Waals surface area contributed by atoms with Crippen LogP contribution in [0.2, 0.25) is 0 Å². The third kappa shape index (κ3) is 3.14. The van der Waals surface area contributed by atoms with Gasteiger partial charge in [0, 0.05) is 24.2 Å². The fourth-order valence-electron chi connectivity index (χ4n) is 0.819. The summed E-state index contributed by atoms with van der Waals surface area (Å²) in [4.78, 5) is 3.95. The molecule has 3 nitrogen and oxygen atoms in total. The van der Waals surface area contributed by atoms with Crippen molar-refractivity contribution in [1.29, 1.82) is 0 Å². The van der Waals surface area contributed by atoms with Crippen molar-refractivity contribution < 1.29 is 9.84 Å². The van der Waals surface area contributed by atoms with Gasteiger partial charge < -0.3 is 9.84 Å². The SMILES string of the molecule is COc1cc(C#CCCO)ccn1. The zero-order chi connectivity index (χ0) is 9.52. The van der Waals surface area contributed by atoms with Crippen molar-refractivity contribution in [2.24, 2.45) is 0 Å². The van der Waals surface area contributed by atoms with E-state index >= 15 is 0 Å². The first-order chi connectivity index (χ1) is 6.36. The van der Waals surface area contributed by atoms with Gasteiger partial charge in [-0.2, -0.15) is 0 Å². The maximum Gasteiger partial charge on any atom is 0.214 e. The Morgan fingerprint density at radius 1 is 1.62 bits per heavy atom. The number of methoxy groups -OCH3 is 1. The van der Waals surface area contributed by atoms with E-state index in [0.717, 1.165) is 5.56 Å². The quantitative estimate of drug-likeness (QED) is 0.680. The van der Waals surface area contributed by atoms with E-state index in [1.54, 1.807) is 25.4 Å². The van der Waals surface area contributed by atoms with Crippen LogP contribution in [-0.4, -0.2) is 23.8 Å². The van der Waals surface area contributed by atoms with Crippen LogP contribution in [0.3, 0.4) is 0 Å². The van der Waals surface area contributed by atoms with E-state index in [2.05, 4.69) is 16.8 Å². The van der Waals surface area contributed by atoms with Gasteiger partial charge in [-0.3, -0.25) is 0 Å². The third-order valence-corrected chi connectivity index (χ3v) is 1.41. The molecule has 0 aliphatic heterocycles. The summed E-state index contributed by atoms with van der Waals surface area (Å²) < 4.78 is 4.93. The molecule has 1 rings (SSSR count). The van der Waals surface area contributed by atoms with Crippen molar-refractivity contribution in [3.63, 3.8) is 0 Å². The van der Waals surface area contributed by atoms with E-state index in [9.17, 15) is 0 Å². The lowest BCUT2D eigenvalue weighted by molar-refractivity contribution is 0.305. The molecule has 3 heteroatoms. The standard InChI is InChI=1S/C10H11NO2/c1-13-10-8-9(5-6-11-10)4-2-3-7-12/h5-6,8,12H,3,7H2,1H3. The van der Waals surface area contributed by atoms with Crippen molar-refractivity contribution in [3.8, 4) is 17.7 Å². The molecule has 0 atom stereocenters. The molecule has 0 radical (unpaired) electrons. The number of hydrogen-bond acceptors (Lipinski definition) is 3. The Bertz CT molecular complexity index is 325. The highest BCUT2D eigenvalue weighted by Gasteiger charge is 1.91. The lowest BCUT2D eigenvalue weighted by Crippen LogP contribution is -1.87. The monoisotopic (exact) mass is 177 g/mol. The van der Waals surface area contributed by atoms with Crippen LogP contribution < -0.4 is 4.74 Å². The number of rotatable bonds is 2. The molecule has 1 aromatic rings. The number of aliphatic hydroxyl groups is 1. The Morgan fingerprint density at radius 2 is 2.46 bits per heavy atom. The summed E-state index contributed by atoms with van der Waals surface area (Å²) in [5, 5.41) is 8.51. The summed E-state index contributed by atoms with van der Waals surface area (Å²) in [5.74, 6) is 6.26. The molecule has 1 heterocycles. The fourth-order valence-corrected chi connectivity index (χ4v) is 0.819. The number of nitrogens with zero attached hydrogens (tertiary/aromatic N) is 1. The summed E-state index contributed by atoms with van der Waals surface area (Å²) in [7, 11) is 1.56. The van der Waals surface area contributed by atoms with E-state index in [0.29, 0.717) is 12.3 Å². The summed E-state index contributed by atoms with van der Waals surface area (Å²) in [6.45, 7) is 0.0925. The van der Waals surface area contributed by atoms with Crippen LogP contribution in [0.4, 0.5) is 0 Å². The molecule has 0 saturated carbocycles. The smallest absolute Gasteiger partial charge is 0.214 e. The van der Waals surface area contributed by atoms with Crippen LogP contribution in [0, 0.1) is 11.8 Å². The first-order valence-corrected chi connectivity index (χ1v) is 3.96. The second-order valence-electron chi connectivity index (χ2n) is 2.36. The van der Waals surface area contributed by atoms with Crippen LogP contribution >= 0.6 is 0 Å². The lowest BCUT2D eigenvalue weighted by Gasteiger charge is -1.96. The molecule has 0 aliphatic carbocycles. The highest BCUT2D eigenvalue weighted by atomic mass is 16.5. The highest BCUT2D eigenvalue weighted by Crippen LogP contribution is 2.06. The van der Waals surface area contributed by atoms with E-state index in [1.165, 1.54) is 0 Å². The molecule has 68 valence electrons. The molecular formula is C10H11NO2.